The molecule has 1 atom stereocenters. The van der Waals surface area contributed by atoms with Gasteiger partial charge in [-0.15, -0.1) is 0 Å². The summed E-state index contributed by atoms with van der Waals surface area (Å²) in [5, 5.41) is 9.65. The molecular weight excluding hydrogens is 140 g/mol. The maximum Gasteiger partial charge on any atom is 0.168 e. The Balaban J connectivity index is 2.75. The van der Waals surface area contributed by atoms with Crippen molar-refractivity contribution < 1.29 is 9.90 Å². The van der Waals surface area contributed by atoms with Gasteiger partial charge in [0.2, 0.25) is 0 Å². The van der Waals surface area contributed by atoms with Crippen molar-refractivity contribution in [1.82, 2.24) is 0 Å². The quantitative estimate of drug-likeness (QED) is 0.645. The number of hydrogen-bond acceptors (Lipinski definition) is 2. The molecule has 1 aliphatic carbocycles. The molecule has 11 heavy (non-hydrogen) atoms. The summed E-state index contributed by atoms with van der Waals surface area (Å²) in [5.41, 5.74) is -1.22. The molecule has 0 saturated heterocycles. The minimum absolute atomic E-state index is 0.113. The number of Topliss-reactive ketones (excluding diaryl/α,β-unsaturated/α-hetero) is 1. The van der Waals surface area contributed by atoms with Crippen molar-refractivity contribution in [2.24, 2.45) is 0 Å². The Morgan fingerprint density at radius 1 is 1.64 bits per heavy atom. The summed E-state index contributed by atoms with van der Waals surface area (Å²) in [7, 11) is 0. The van der Waals surface area contributed by atoms with E-state index in [1.165, 1.54) is 0 Å². The molecule has 2 nitrogen and oxygen atoms in total. The fourth-order valence-corrected chi connectivity index (χ4v) is 1.12. The summed E-state index contributed by atoms with van der Waals surface area (Å²) < 4.78 is 0. The van der Waals surface area contributed by atoms with E-state index < -0.39 is 5.60 Å². The molecule has 0 aromatic carbocycles. The molecule has 0 aromatic rings. The highest BCUT2D eigenvalue weighted by molar-refractivity contribution is 5.89. The average Bonchev–Trinajstić information content (AvgIpc) is 2.04. The maximum absolute atomic E-state index is 11.2. The van der Waals surface area contributed by atoms with Crippen molar-refractivity contribution >= 4 is 5.78 Å². The molecule has 0 amide bonds. The number of aliphatic hydroxyl groups is 1. The molecule has 2 heteroatoms. The molecule has 0 fully saturated rings. The maximum atomic E-state index is 11.2. The van der Waals surface area contributed by atoms with Gasteiger partial charge in [0.25, 0.3) is 0 Å². The predicted octanol–water partition coefficient (Wildman–Crippen LogP) is 1.21. The van der Waals surface area contributed by atoms with Crippen LogP contribution in [0.2, 0.25) is 0 Å². The first-order valence-corrected chi connectivity index (χ1v) is 3.79. The van der Waals surface area contributed by atoms with E-state index in [9.17, 15) is 9.90 Å². The van der Waals surface area contributed by atoms with Crippen LogP contribution < -0.4 is 0 Å². The Hall–Kier alpha value is -0.890. The van der Waals surface area contributed by atoms with Crippen LogP contribution in [0.5, 0.6) is 0 Å². The highest BCUT2D eigenvalue weighted by atomic mass is 16.3. The standard InChI is InChI=1S/C9H12O2/c1-2-8(10)9(11)6-4-3-5-7-9/h3-6,11H,2,7H2,1H3. The van der Waals surface area contributed by atoms with Crippen LogP contribution in [0.25, 0.3) is 0 Å². The monoisotopic (exact) mass is 152 g/mol. The lowest BCUT2D eigenvalue weighted by atomic mass is 9.90. The summed E-state index contributed by atoms with van der Waals surface area (Å²) in [6.45, 7) is 1.76. The zero-order chi connectivity index (χ0) is 8.32. The van der Waals surface area contributed by atoms with Gasteiger partial charge in [-0.25, -0.2) is 0 Å². The summed E-state index contributed by atoms with van der Waals surface area (Å²) in [6, 6.07) is 0. The number of rotatable bonds is 2. The zero-order valence-electron chi connectivity index (χ0n) is 6.58. The third kappa shape index (κ3) is 1.57. The summed E-state index contributed by atoms with van der Waals surface area (Å²) in [6.07, 6.45) is 7.69. The van der Waals surface area contributed by atoms with Gasteiger partial charge in [-0.1, -0.05) is 25.2 Å². The summed E-state index contributed by atoms with van der Waals surface area (Å²) in [4.78, 5) is 11.2. The first kappa shape index (κ1) is 8.21. The first-order chi connectivity index (χ1) is 5.19. The predicted molar refractivity (Wildman–Crippen MR) is 43.1 cm³/mol. The van der Waals surface area contributed by atoms with Crippen molar-refractivity contribution in [2.75, 3.05) is 0 Å². The molecule has 1 aliphatic rings. The van der Waals surface area contributed by atoms with Crippen molar-refractivity contribution in [2.45, 2.75) is 25.4 Å². The third-order valence-electron chi connectivity index (χ3n) is 1.85. The fourth-order valence-electron chi connectivity index (χ4n) is 1.12. The largest absolute Gasteiger partial charge is 0.378 e. The Bertz CT molecular complexity index is 216. The molecule has 0 saturated carbocycles. The molecule has 1 N–H and O–H groups in total. The van der Waals surface area contributed by atoms with E-state index in [2.05, 4.69) is 0 Å². The van der Waals surface area contributed by atoms with Gasteiger partial charge in [-0.3, -0.25) is 4.79 Å². The Morgan fingerprint density at radius 3 is 2.82 bits per heavy atom. The molecular formula is C9H12O2. The van der Waals surface area contributed by atoms with Gasteiger partial charge in [-0.05, 0) is 6.08 Å². The lowest BCUT2D eigenvalue weighted by Gasteiger charge is -2.22. The van der Waals surface area contributed by atoms with Gasteiger partial charge in [0.05, 0.1) is 0 Å². The fraction of sp³-hybridized carbons (Fsp3) is 0.444. The smallest absolute Gasteiger partial charge is 0.168 e. The zero-order valence-corrected chi connectivity index (χ0v) is 6.58. The molecule has 1 unspecified atom stereocenters. The van der Waals surface area contributed by atoms with Crippen molar-refractivity contribution in [3.05, 3.63) is 24.3 Å². The summed E-state index contributed by atoms with van der Waals surface area (Å²) >= 11 is 0. The number of carbonyl (C=O) groups excluding carboxylic acids is 1. The SMILES string of the molecule is CCC(=O)C1(O)C=CC=CC1. The second kappa shape index (κ2) is 3.01. The summed E-state index contributed by atoms with van der Waals surface area (Å²) in [5.74, 6) is -0.113. The third-order valence-corrected chi connectivity index (χ3v) is 1.85. The Kier molecular flexibility index (Phi) is 2.25. The van der Waals surface area contributed by atoms with Gasteiger partial charge in [-0.2, -0.15) is 0 Å². The van der Waals surface area contributed by atoms with Crippen molar-refractivity contribution in [3.8, 4) is 0 Å². The highest BCUT2D eigenvalue weighted by Gasteiger charge is 2.30. The number of allylic oxidation sites excluding steroid dienone is 2. The Labute approximate surface area is 66.2 Å². The molecule has 0 aromatic heterocycles. The van der Waals surface area contributed by atoms with Gasteiger partial charge >= 0.3 is 0 Å². The Morgan fingerprint density at radius 2 is 2.36 bits per heavy atom. The molecule has 0 spiro atoms. The van der Waals surface area contributed by atoms with E-state index in [1.807, 2.05) is 6.08 Å². The molecule has 0 bridgehead atoms. The van der Waals surface area contributed by atoms with E-state index in [0.29, 0.717) is 12.8 Å². The minimum atomic E-state index is -1.22. The molecule has 0 radical (unpaired) electrons. The van der Waals surface area contributed by atoms with E-state index in [4.69, 9.17) is 0 Å². The lowest BCUT2D eigenvalue weighted by Crippen LogP contribution is -2.36. The van der Waals surface area contributed by atoms with Crippen LogP contribution in [-0.4, -0.2) is 16.5 Å². The van der Waals surface area contributed by atoms with Gasteiger partial charge < -0.3 is 5.11 Å². The highest BCUT2D eigenvalue weighted by Crippen LogP contribution is 2.19. The number of ketones is 1. The van der Waals surface area contributed by atoms with Gasteiger partial charge in [0, 0.05) is 12.8 Å². The van der Waals surface area contributed by atoms with Gasteiger partial charge in [0.15, 0.2) is 5.78 Å². The van der Waals surface area contributed by atoms with Crippen LogP contribution >= 0.6 is 0 Å². The van der Waals surface area contributed by atoms with Crippen molar-refractivity contribution in [1.29, 1.82) is 0 Å². The number of hydrogen-bond donors (Lipinski definition) is 1. The molecule has 0 aliphatic heterocycles. The van der Waals surface area contributed by atoms with E-state index in [1.54, 1.807) is 25.2 Å². The normalized spacial score (nSPS) is 28.9. The topological polar surface area (TPSA) is 37.3 Å². The second-order valence-electron chi connectivity index (χ2n) is 2.69. The molecule has 60 valence electrons. The number of carbonyl (C=O) groups is 1. The minimum Gasteiger partial charge on any atom is -0.378 e. The van der Waals surface area contributed by atoms with E-state index in [-0.39, 0.29) is 5.78 Å². The first-order valence-electron chi connectivity index (χ1n) is 3.79. The molecule has 0 heterocycles. The van der Waals surface area contributed by atoms with E-state index >= 15 is 0 Å². The van der Waals surface area contributed by atoms with E-state index in [0.717, 1.165) is 0 Å². The van der Waals surface area contributed by atoms with Crippen LogP contribution in [0.1, 0.15) is 19.8 Å². The van der Waals surface area contributed by atoms with Crippen LogP contribution in [0.4, 0.5) is 0 Å². The lowest BCUT2D eigenvalue weighted by molar-refractivity contribution is -0.132. The van der Waals surface area contributed by atoms with Gasteiger partial charge in [0.1, 0.15) is 5.60 Å². The van der Waals surface area contributed by atoms with Crippen LogP contribution in [0.15, 0.2) is 24.3 Å². The van der Waals surface area contributed by atoms with Crippen LogP contribution in [0, 0.1) is 0 Å². The van der Waals surface area contributed by atoms with Crippen LogP contribution in [0.3, 0.4) is 0 Å². The average molecular weight is 152 g/mol. The van der Waals surface area contributed by atoms with Crippen molar-refractivity contribution in [3.63, 3.8) is 0 Å². The molecule has 1 rings (SSSR count). The second-order valence-corrected chi connectivity index (χ2v) is 2.69. The van der Waals surface area contributed by atoms with Crippen LogP contribution in [-0.2, 0) is 4.79 Å².